The molecule has 0 aliphatic carbocycles. The van der Waals surface area contributed by atoms with Gasteiger partial charge < -0.3 is 9.47 Å². The Bertz CT molecular complexity index is 962. The van der Waals surface area contributed by atoms with E-state index in [4.69, 9.17) is 4.55 Å². The van der Waals surface area contributed by atoms with Crippen LogP contribution < -0.4 is 0 Å². The van der Waals surface area contributed by atoms with E-state index >= 15 is 0 Å². The molecule has 1 N–H and O–H groups in total. The van der Waals surface area contributed by atoms with Crippen molar-refractivity contribution in [1.82, 2.24) is 0 Å². The zero-order valence-electron chi connectivity index (χ0n) is 16.5. The Balaban J connectivity index is 3.15. The fraction of sp³-hybridized carbons (Fsp3) is 0.444. The summed E-state index contributed by atoms with van der Waals surface area (Å²) in [5.74, 6) is -13.3. The van der Waals surface area contributed by atoms with Crippen molar-refractivity contribution >= 4 is 21.9 Å². The number of rotatable bonds is 12. The van der Waals surface area contributed by atoms with Crippen LogP contribution in [0.25, 0.3) is 0 Å². The van der Waals surface area contributed by atoms with Crippen molar-refractivity contribution in [3.05, 3.63) is 48.6 Å². The van der Waals surface area contributed by atoms with Gasteiger partial charge in [0.15, 0.2) is 0 Å². The molecule has 33 heavy (non-hydrogen) atoms. The molecule has 1 aromatic carbocycles. The average molecular weight is 510 g/mol. The van der Waals surface area contributed by atoms with Gasteiger partial charge in [-0.05, 0) is 12.0 Å². The molecule has 0 bridgehead atoms. The summed E-state index contributed by atoms with van der Waals surface area (Å²) in [7, 11) is -6.55. The number of alkyl halides is 7. The zero-order valence-corrected chi connectivity index (χ0v) is 17.3. The lowest BCUT2D eigenvalue weighted by atomic mass is 10.0. The van der Waals surface area contributed by atoms with Crippen LogP contribution in [0.3, 0.4) is 0 Å². The Labute approximate surface area is 182 Å². The largest absolute Gasteiger partial charge is 0.464 e. The van der Waals surface area contributed by atoms with Crippen LogP contribution in [-0.4, -0.2) is 54.5 Å². The van der Waals surface area contributed by atoms with Gasteiger partial charge in [-0.3, -0.25) is 9.35 Å². The molecule has 1 aromatic rings. The number of benzene rings is 1. The highest BCUT2D eigenvalue weighted by Gasteiger charge is 2.66. The highest BCUT2D eigenvalue weighted by atomic mass is 32.2. The highest BCUT2D eigenvalue weighted by Crippen LogP contribution is 2.42. The van der Waals surface area contributed by atoms with Crippen molar-refractivity contribution in [2.24, 2.45) is 0 Å². The molecule has 0 aliphatic heterocycles. The Kier molecular flexibility index (Phi) is 8.79. The van der Waals surface area contributed by atoms with E-state index < -0.39 is 70.9 Å². The fourth-order valence-corrected chi connectivity index (χ4v) is 2.87. The van der Waals surface area contributed by atoms with E-state index in [0.717, 1.165) is 0 Å². The molecule has 1 unspecified atom stereocenters. The minimum Gasteiger partial charge on any atom is -0.413 e. The molecule has 0 aromatic heterocycles. The molecule has 0 spiro atoms. The molecule has 0 saturated carbocycles. The van der Waals surface area contributed by atoms with Crippen LogP contribution in [0, 0.1) is 0 Å². The number of ether oxygens (including phenoxy) is 2. The molecule has 7 nitrogen and oxygen atoms in total. The fourth-order valence-electron chi connectivity index (χ4n) is 2.39. The minimum absolute atomic E-state index is 0.0358. The van der Waals surface area contributed by atoms with Gasteiger partial charge >= 0.3 is 39.2 Å². The minimum atomic E-state index is -6.55. The summed E-state index contributed by atoms with van der Waals surface area (Å²) in [6.07, 6.45) is -9.89. The molecule has 15 heteroatoms. The monoisotopic (exact) mass is 510 g/mol. The predicted octanol–water partition coefficient (Wildman–Crippen LogP) is 3.70. The summed E-state index contributed by atoms with van der Waals surface area (Å²) >= 11 is 0. The van der Waals surface area contributed by atoms with Crippen molar-refractivity contribution < 1.29 is 62.8 Å². The number of esters is 1. The first-order valence-electron chi connectivity index (χ1n) is 8.77. The topological polar surface area (TPSA) is 107 Å². The maximum absolute atomic E-state index is 13.8. The van der Waals surface area contributed by atoms with Gasteiger partial charge in [0.25, 0.3) is 0 Å². The van der Waals surface area contributed by atoms with Crippen molar-refractivity contribution in [2.45, 2.75) is 42.4 Å². The van der Waals surface area contributed by atoms with E-state index in [-0.39, 0.29) is 11.6 Å². The number of Topliss-reactive ketones (excluding diaryl/α,β-unsaturated/α-hetero) is 1. The second-order valence-corrected chi connectivity index (χ2v) is 7.94. The molecule has 0 fully saturated rings. The predicted molar refractivity (Wildman–Crippen MR) is 96.9 cm³/mol. The number of halogens is 7. The number of ketones is 1. The van der Waals surface area contributed by atoms with Crippen molar-refractivity contribution in [2.75, 3.05) is 6.61 Å². The van der Waals surface area contributed by atoms with Crippen LogP contribution in [0.1, 0.15) is 18.4 Å². The maximum atomic E-state index is 13.8. The van der Waals surface area contributed by atoms with Crippen molar-refractivity contribution in [3.63, 3.8) is 0 Å². The number of carbonyl (C=O) groups excluding carboxylic acids is 2. The molecule has 1 atom stereocenters. The molecule has 0 heterocycles. The van der Waals surface area contributed by atoms with Crippen LogP contribution >= 0.6 is 0 Å². The van der Waals surface area contributed by atoms with E-state index in [1.807, 2.05) is 0 Å². The third-order valence-electron chi connectivity index (χ3n) is 4.05. The van der Waals surface area contributed by atoms with Crippen molar-refractivity contribution in [1.29, 1.82) is 0 Å². The van der Waals surface area contributed by atoms with Crippen LogP contribution in [0.15, 0.2) is 43.0 Å². The second-order valence-electron chi connectivity index (χ2n) is 6.47. The summed E-state index contributed by atoms with van der Waals surface area (Å²) in [4.78, 5) is 24.0. The summed E-state index contributed by atoms with van der Waals surface area (Å²) in [5.41, 5.74) is 0.0358. The van der Waals surface area contributed by atoms with E-state index in [1.54, 1.807) is 0 Å². The third kappa shape index (κ3) is 6.51. The standard InChI is InChI=1S/C18H17F7O7S/c1-2-14(27)32-16(17(21,22)23,13(26)11-12-7-4-3-5-8-12)31-10-6-9-15(19,20)18(24,25)33(28,29)30/h2-5,7-8H,1,6,9-11H2,(H,28,29,30). The molecule has 1 rings (SSSR count). The molecular weight excluding hydrogens is 493 g/mol. The number of hydrogen-bond donors (Lipinski definition) is 1. The smallest absolute Gasteiger partial charge is 0.413 e. The van der Waals surface area contributed by atoms with Gasteiger partial charge in [-0.15, -0.1) is 0 Å². The molecule has 0 aliphatic rings. The van der Waals surface area contributed by atoms with E-state index in [0.29, 0.717) is 0 Å². The molecule has 0 radical (unpaired) electrons. The van der Waals surface area contributed by atoms with E-state index in [9.17, 15) is 48.7 Å². The first-order valence-corrected chi connectivity index (χ1v) is 10.2. The highest BCUT2D eigenvalue weighted by molar-refractivity contribution is 7.87. The molecular formula is C18H17F7O7S. The Morgan fingerprint density at radius 1 is 1.03 bits per heavy atom. The lowest BCUT2D eigenvalue weighted by Crippen LogP contribution is -2.58. The molecule has 0 saturated heterocycles. The van der Waals surface area contributed by atoms with Gasteiger partial charge in [0, 0.05) is 18.9 Å². The van der Waals surface area contributed by atoms with Crippen LogP contribution in [0.5, 0.6) is 0 Å². The van der Waals surface area contributed by atoms with Crippen LogP contribution in [-0.2, 0) is 35.6 Å². The zero-order chi connectivity index (χ0) is 25.7. The van der Waals surface area contributed by atoms with Gasteiger partial charge in [-0.2, -0.15) is 39.2 Å². The first kappa shape index (κ1) is 28.5. The van der Waals surface area contributed by atoms with Gasteiger partial charge in [0.2, 0.25) is 5.78 Å². The SMILES string of the molecule is C=CC(=O)OC(OCCCC(F)(F)C(F)(F)S(=O)(=O)O)(C(=O)Cc1ccccc1)C(F)(F)F. The lowest BCUT2D eigenvalue weighted by molar-refractivity contribution is -0.346. The molecule has 186 valence electrons. The van der Waals surface area contributed by atoms with Crippen molar-refractivity contribution in [3.8, 4) is 0 Å². The second kappa shape index (κ2) is 10.2. The Hall–Kier alpha value is -2.52. The van der Waals surface area contributed by atoms with E-state index in [1.165, 1.54) is 30.3 Å². The summed E-state index contributed by atoms with van der Waals surface area (Å²) in [6, 6.07) is 6.76. The summed E-state index contributed by atoms with van der Waals surface area (Å²) < 4.78 is 133. The number of carbonyl (C=O) groups is 2. The third-order valence-corrected chi connectivity index (χ3v) is 5.00. The van der Waals surface area contributed by atoms with Gasteiger partial charge in [-0.1, -0.05) is 36.9 Å². The van der Waals surface area contributed by atoms with Gasteiger partial charge in [0.05, 0.1) is 6.61 Å². The maximum Gasteiger partial charge on any atom is 0.464 e. The average Bonchev–Trinajstić information content (AvgIpc) is 2.68. The Morgan fingerprint density at radius 2 is 1.58 bits per heavy atom. The van der Waals surface area contributed by atoms with E-state index in [2.05, 4.69) is 16.1 Å². The normalized spacial score (nSPS) is 14.9. The summed E-state index contributed by atoms with van der Waals surface area (Å²) in [5, 5.41) is -5.94. The molecule has 0 amide bonds. The van der Waals surface area contributed by atoms with Crippen LogP contribution in [0.4, 0.5) is 30.7 Å². The summed E-state index contributed by atoms with van der Waals surface area (Å²) in [6.45, 7) is 1.38. The first-order chi connectivity index (χ1) is 14.9. The van der Waals surface area contributed by atoms with Crippen LogP contribution in [0.2, 0.25) is 0 Å². The van der Waals surface area contributed by atoms with Gasteiger partial charge in [0.1, 0.15) is 0 Å². The van der Waals surface area contributed by atoms with Gasteiger partial charge in [-0.25, -0.2) is 4.79 Å². The Morgan fingerprint density at radius 3 is 2.03 bits per heavy atom. The lowest BCUT2D eigenvalue weighted by Gasteiger charge is -2.33. The quantitative estimate of drug-likeness (QED) is 0.114. The number of hydrogen-bond acceptors (Lipinski definition) is 6.